The molecule has 1 aromatic rings. The monoisotopic (exact) mass is 238 g/mol. The van der Waals surface area contributed by atoms with Gasteiger partial charge in [0.15, 0.2) is 0 Å². The van der Waals surface area contributed by atoms with Crippen molar-refractivity contribution < 1.29 is 4.79 Å². The summed E-state index contributed by atoms with van der Waals surface area (Å²) in [5.74, 6) is 0.158. The van der Waals surface area contributed by atoms with Gasteiger partial charge in [-0.2, -0.15) is 0 Å². The summed E-state index contributed by atoms with van der Waals surface area (Å²) < 4.78 is 0. The van der Waals surface area contributed by atoms with Gasteiger partial charge in [0.2, 0.25) is 0 Å². The van der Waals surface area contributed by atoms with Crippen LogP contribution >= 0.6 is 11.3 Å². The van der Waals surface area contributed by atoms with Gasteiger partial charge in [0.05, 0.1) is 11.2 Å². The molecule has 1 aliphatic heterocycles. The number of hydrogen-bond donors (Lipinski definition) is 0. The Morgan fingerprint density at radius 3 is 2.50 bits per heavy atom. The van der Waals surface area contributed by atoms with Gasteiger partial charge in [0.1, 0.15) is 4.88 Å². The second-order valence-electron chi connectivity index (χ2n) is 5.28. The maximum Gasteiger partial charge on any atom is 0.265 e. The molecular formula is C12H18N2OS. The van der Waals surface area contributed by atoms with Crippen LogP contribution < -0.4 is 0 Å². The molecule has 2 heterocycles. The molecular weight excluding hydrogens is 220 g/mol. The molecule has 1 amide bonds. The van der Waals surface area contributed by atoms with Crippen molar-refractivity contribution in [2.75, 3.05) is 13.1 Å². The van der Waals surface area contributed by atoms with E-state index in [1.165, 1.54) is 11.3 Å². The highest BCUT2D eigenvalue weighted by atomic mass is 32.1. The summed E-state index contributed by atoms with van der Waals surface area (Å²) in [6.07, 6.45) is 4.00. The molecule has 0 aromatic carbocycles. The lowest BCUT2D eigenvalue weighted by atomic mass is 9.98. The number of nitrogens with zero attached hydrogens (tertiary/aromatic N) is 2. The molecule has 3 nitrogen and oxygen atoms in total. The third-order valence-corrected chi connectivity index (χ3v) is 4.16. The molecule has 0 N–H and O–H groups in total. The summed E-state index contributed by atoms with van der Waals surface area (Å²) in [6, 6.07) is 0. The van der Waals surface area contributed by atoms with Crippen LogP contribution in [-0.4, -0.2) is 28.9 Å². The maximum atomic E-state index is 12.1. The lowest BCUT2D eigenvalue weighted by molar-refractivity contribution is 0.0797. The molecule has 0 spiro atoms. The molecule has 0 saturated carbocycles. The van der Waals surface area contributed by atoms with Crippen LogP contribution in [0.2, 0.25) is 0 Å². The first kappa shape index (κ1) is 11.6. The summed E-state index contributed by atoms with van der Waals surface area (Å²) in [5.41, 5.74) is 0.0359. The van der Waals surface area contributed by atoms with Crippen LogP contribution in [0, 0.1) is 0 Å². The topological polar surface area (TPSA) is 33.2 Å². The quantitative estimate of drug-likeness (QED) is 0.753. The normalized spacial score (nSPS) is 16.8. The van der Waals surface area contributed by atoms with Gasteiger partial charge in [-0.05, 0) is 12.8 Å². The first-order valence-electron chi connectivity index (χ1n) is 5.74. The SMILES string of the molecule is CC(C)(C)c1ncc(C(=O)N2CCCC2)s1. The molecule has 1 saturated heterocycles. The molecule has 1 aromatic heterocycles. The van der Waals surface area contributed by atoms with Crippen molar-refractivity contribution in [1.29, 1.82) is 0 Å². The molecule has 1 aliphatic rings. The van der Waals surface area contributed by atoms with E-state index >= 15 is 0 Å². The molecule has 2 rings (SSSR count). The lowest BCUT2D eigenvalue weighted by Crippen LogP contribution is -2.26. The van der Waals surface area contributed by atoms with Crippen molar-refractivity contribution in [2.45, 2.75) is 39.0 Å². The van der Waals surface area contributed by atoms with E-state index < -0.39 is 0 Å². The molecule has 0 atom stereocenters. The maximum absolute atomic E-state index is 12.1. The Labute approximate surface area is 100 Å². The second kappa shape index (κ2) is 4.17. The first-order valence-corrected chi connectivity index (χ1v) is 6.56. The molecule has 0 bridgehead atoms. The molecule has 0 unspecified atom stereocenters. The van der Waals surface area contributed by atoms with Gasteiger partial charge in [-0.25, -0.2) is 4.98 Å². The highest BCUT2D eigenvalue weighted by molar-refractivity contribution is 7.13. The molecule has 16 heavy (non-hydrogen) atoms. The third kappa shape index (κ3) is 2.26. The second-order valence-corrected chi connectivity index (χ2v) is 6.31. The van der Waals surface area contributed by atoms with Gasteiger partial charge in [-0.1, -0.05) is 20.8 Å². The van der Waals surface area contributed by atoms with E-state index in [4.69, 9.17) is 0 Å². The number of amides is 1. The summed E-state index contributed by atoms with van der Waals surface area (Å²) in [4.78, 5) is 19.1. The highest BCUT2D eigenvalue weighted by Crippen LogP contribution is 2.27. The fourth-order valence-corrected chi connectivity index (χ4v) is 2.74. The van der Waals surface area contributed by atoms with Crippen molar-refractivity contribution in [1.82, 2.24) is 9.88 Å². The molecule has 0 aliphatic carbocycles. The van der Waals surface area contributed by atoms with Gasteiger partial charge >= 0.3 is 0 Å². The number of carbonyl (C=O) groups excluding carboxylic acids is 1. The Morgan fingerprint density at radius 1 is 1.38 bits per heavy atom. The van der Waals surface area contributed by atoms with E-state index in [2.05, 4.69) is 25.8 Å². The number of rotatable bonds is 1. The summed E-state index contributed by atoms with van der Waals surface area (Å²) in [6.45, 7) is 8.17. The fraction of sp³-hybridized carbons (Fsp3) is 0.667. The third-order valence-electron chi connectivity index (χ3n) is 2.75. The van der Waals surface area contributed by atoms with Gasteiger partial charge in [-0.15, -0.1) is 11.3 Å². The largest absolute Gasteiger partial charge is 0.338 e. The zero-order valence-corrected chi connectivity index (χ0v) is 10.9. The molecule has 4 heteroatoms. The molecule has 88 valence electrons. The number of aromatic nitrogens is 1. The van der Waals surface area contributed by atoms with E-state index in [0.29, 0.717) is 0 Å². The first-order chi connectivity index (χ1) is 7.48. The van der Waals surface area contributed by atoms with Crippen molar-refractivity contribution in [3.05, 3.63) is 16.1 Å². The lowest BCUT2D eigenvalue weighted by Gasteiger charge is -2.14. The summed E-state index contributed by atoms with van der Waals surface area (Å²) in [7, 11) is 0. The van der Waals surface area contributed by atoms with Gasteiger partial charge in [0.25, 0.3) is 5.91 Å². The predicted molar refractivity (Wildman–Crippen MR) is 66.0 cm³/mol. The number of likely N-dealkylation sites (tertiary alicyclic amines) is 1. The van der Waals surface area contributed by atoms with Crippen LogP contribution in [0.5, 0.6) is 0 Å². The van der Waals surface area contributed by atoms with Crippen LogP contribution in [-0.2, 0) is 5.41 Å². The van der Waals surface area contributed by atoms with Crippen molar-refractivity contribution in [3.8, 4) is 0 Å². The number of carbonyl (C=O) groups is 1. The van der Waals surface area contributed by atoms with Crippen LogP contribution in [0.4, 0.5) is 0 Å². The zero-order chi connectivity index (χ0) is 11.8. The summed E-state index contributed by atoms with van der Waals surface area (Å²) in [5, 5.41) is 1.04. The summed E-state index contributed by atoms with van der Waals surface area (Å²) >= 11 is 1.53. The number of thiazole rings is 1. The van der Waals surface area contributed by atoms with Gasteiger partial charge < -0.3 is 4.90 Å². The standard InChI is InChI=1S/C12H18N2OS/c1-12(2,3)11-13-8-9(16-11)10(15)14-6-4-5-7-14/h8H,4-7H2,1-3H3. The van der Waals surface area contributed by atoms with Crippen molar-refractivity contribution >= 4 is 17.2 Å². The Balaban J connectivity index is 2.15. The highest BCUT2D eigenvalue weighted by Gasteiger charge is 2.24. The van der Waals surface area contributed by atoms with E-state index in [1.807, 2.05) is 4.90 Å². The van der Waals surface area contributed by atoms with Gasteiger partial charge in [-0.3, -0.25) is 4.79 Å². The fourth-order valence-electron chi connectivity index (χ4n) is 1.80. The Kier molecular flexibility index (Phi) is 3.02. The van der Waals surface area contributed by atoms with Crippen molar-refractivity contribution in [3.63, 3.8) is 0 Å². The Bertz CT molecular complexity index is 386. The minimum Gasteiger partial charge on any atom is -0.338 e. The predicted octanol–water partition coefficient (Wildman–Crippen LogP) is 2.68. The van der Waals surface area contributed by atoms with Crippen LogP contribution in [0.15, 0.2) is 6.20 Å². The Hall–Kier alpha value is -0.900. The van der Waals surface area contributed by atoms with E-state index in [1.54, 1.807) is 6.20 Å². The van der Waals surface area contributed by atoms with E-state index in [-0.39, 0.29) is 11.3 Å². The Morgan fingerprint density at radius 2 is 2.00 bits per heavy atom. The van der Waals surface area contributed by atoms with Crippen molar-refractivity contribution in [2.24, 2.45) is 0 Å². The van der Waals surface area contributed by atoms with Gasteiger partial charge in [0, 0.05) is 18.5 Å². The number of hydrogen-bond acceptors (Lipinski definition) is 3. The molecule has 0 radical (unpaired) electrons. The van der Waals surface area contributed by atoms with E-state index in [0.717, 1.165) is 35.8 Å². The van der Waals surface area contributed by atoms with E-state index in [9.17, 15) is 4.79 Å². The minimum atomic E-state index is 0.0359. The van der Waals surface area contributed by atoms with Crippen LogP contribution in [0.3, 0.4) is 0 Å². The minimum absolute atomic E-state index is 0.0359. The average Bonchev–Trinajstić information content (AvgIpc) is 2.87. The smallest absolute Gasteiger partial charge is 0.265 e. The average molecular weight is 238 g/mol. The van der Waals surface area contributed by atoms with Crippen LogP contribution in [0.1, 0.15) is 48.3 Å². The molecule has 1 fully saturated rings. The zero-order valence-electron chi connectivity index (χ0n) is 10.1. The van der Waals surface area contributed by atoms with Crippen LogP contribution in [0.25, 0.3) is 0 Å².